The Morgan fingerprint density at radius 2 is 1.79 bits per heavy atom. The van der Waals surface area contributed by atoms with Gasteiger partial charge in [-0.15, -0.1) is 0 Å². The number of hydrogen-bond acceptors (Lipinski definition) is 7. The molecule has 0 radical (unpaired) electrons. The molecule has 2 heterocycles. The van der Waals surface area contributed by atoms with E-state index in [0.717, 1.165) is 11.1 Å². The van der Waals surface area contributed by atoms with Gasteiger partial charge in [0.15, 0.2) is 0 Å². The van der Waals surface area contributed by atoms with Crippen molar-refractivity contribution >= 4 is 10.0 Å². The van der Waals surface area contributed by atoms with Crippen LogP contribution < -0.4 is 9.47 Å². The van der Waals surface area contributed by atoms with Crippen LogP contribution in [0.5, 0.6) is 11.5 Å². The zero-order valence-electron chi connectivity index (χ0n) is 16.3. The number of aromatic nitrogens is 2. The highest BCUT2D eigenvalue weighted by Crippen LogP contribution is 2.34. The molecule has 0 bridgehead atoms. The van der Waals surface area contributed by atoms with Gasteiger partial charge in [-0.25, -0.2) is 8.42 Å². The van der Waals surface area contributed by atoms with Crippen LogP contribution in [-0.2, 0) is 10.0 Å². The lowest BCUT2D eigenvalue weighted by Gasteiger charge is -2.35. The Morgan fingerprint density at radius 1 is 1.07 bits per heavy atom. The fourth-order valence-corrected chi connectivity index (χ4v) is 4.91. The summed E-state index contributed by atoms with van der Waals surface area (Å²) >= 11 is 0. The van der Waals surface area contributed by atoms with Gasteiger partial charge in [-0.3, -0.25) is 0 Å². The molecule has 9 heteroatoms. The molecule has 0 spiro atoms. The molecule has 1 aliphatic rings. The summed E-state index contributed by atoms with van der Waals surface area (Å²) in [5.74, 6) is 2.00. The van der Waals surface area contributed by atoms with Gasteiger partial charge in [0.05, 0.1) is 30.6 Å². The fraction of sp³-hybridized carbons (Fsp3) is 0.300. The number of ether oxygens (including phenoxy) is 2. The first-order valence-electron chi connectivity index (χ1n) is 9.06. The smallest absolute Gasteiger partial charge is 0.243 e. The van der Waals surface area contributed by atoms with Crippen LogP contribution in [0.4, 0.5) is 0 Å². The van der Waals surface area contributed by atoms with Gasteiger partial charge in [0.25, 0.3) is 0 Å². The quantitative estimate of drug-likeness (QED) is 0.611. The van der Waals surface area contributed by atoms with Crippen LogP contribution >= 0.6 is 0 Å². The molecule has 0 saturated carbocycles. The number of nitrogens with zero attached hydrogens (tertiary/aromatic N) is 3. The molecule has 0 amide bonds. The van der Waals surface area contributed by atoms with Gasteiger partial charge >= 0.3 is 0 Å². The Bertz CT molecular complexity index is 1140. The minimum absolute atomic E-state index is 0.139. The number of sulfonamides is 1. The predicted octanol–water partition coefficient (Wildman–Crippen LogP) is 2.85. The Balaban J connectivity index is 1.49. The SMILES string of the molecule is COc1ccc(S(=O)(=O)N2CC(c3nc(-c4ccccc4OC)no3)C2)cc1C. The van der Waals surface area contributed by atoms with Crippen LogP contribution in [0.25, 0.3) is 11.4 Å². The maximum Gasteiger partial charge on any atom is 0.243 e. The second-order valence-corrected chi connectivity index (χ2v) is 8.74. The third-order valence-corrected chi connectivity index (χ3v) is 6.82. The third kappa shape index (κ3) is 3.47. The van der Waals surface area contributed by atoms with E-state index in [1.807, 2.05) is 31.2 Å². The highest BCUT2D eigenvalue weighted by molar-refractivity contribution is 7.89. The van der Waals surface area contributed by atoms with Crippen molar-refractivity contribution in [3.8, 4) is 22.9 Å². The summed E-state index contributed by atoms with van der Waals surface area (Å²) in [6.07, 6.45) is 0. The van der Waals surface area contributed by atoms with Crippen LogP contribution in [0.15, 0.2) is 51.9 Å². The highest BCUT2D eigenvalue weighted by atomic mass is 32.2. The van der Waals surface area contributed by atoms with Crippen LogP contribution in [0.2, 0.25) is 0 Å². The molecule has 2 aromatic carbocycles. The lowest BCUT2D eigenvalue weighted by atomic mass is 10.0. The van der Waals surface area contributed by atoms with E-state index in [4.69, 9.17) is 14.0 Å². The molecule has 29 heavy (non-hydrogen) atoms. The maximum absolute atomic E-state index is 12.9. The van der Waals surface area contributed by atoms with E-state index in [-0.39, 0.29) is 10.8 Å². The zero-order chi connectivity index (χ0) is 20.6. The van der Waals surface area contributed by atoms with Gasteiger partial charge < -0.3 is 14.0 Å². The maximum atomic E-state index is 12.9. The number of para-hydroxylation sites is 1. The molecule has 4 rings (SSSR count). The summed E-state index contributed by atoms with van der Waals surface area (Å²) in [6, 6.07) is 12.2. The van der Waals surface area contributed by atoms with Crippen LogP contribution in [0.3, 0.4) is 0 Å². The van der Waals surface area contributed by atoms with E-state index in [1.54, 1.807) is 32.4 Å². The second kappa shape index (κ2) is 7.49. The standard InChI is InChI=1S/C20H21N3O5S/c1-13-10-15(8-9-17(13)26-2)29(24,25)23-11-14(12-23)20-21-19(22-28-20)16-6-4-5-7-18(16)27-3/h4-10,14H,11-12H2,1-3H3. The molecule has 0 unspecified atom stereocenters. The molecular weight excluding hydrogens is 394 g/mol. The molecule has 0 atom stereocenters. The average molecular weight is 415 g/mol. The molecule has 0 N–H and O–H groups in total. The zero-order valence-corrected chi connectivity index (χ0v) is 17.1. The summed E-state index contributed by atoms with van der Waals surface area (Å²) in [4.78, 5) is 4.69. The van der Waals surface area contributed by atoms with Crippen LogP contribution in [0.1, 0.15) is 17.4 Å². The van der Waals surface area contributed by atoms with Gasteiger partial charge in [-0.2, -0.15) is 9.29 Å². The first-order valence-corrected chi connectivity index (χ1v) is 10.5. The Labute approximate surface area is 169 Å². The Hall–Kier alpha value is -2.91. The van der Waals surface area contributed by atoms with E-state index in [1.165, 1.54) is 4.31 Å². The van der Waals surface area contributed by atoms with E-state index in [9.17, 15) is 8.42 Å². The summed E-state index contributed by atoms with van der Waals surface area (Å²) in [6.45, 7) is 2.40. The van der Waals surface area contributed by atoms with Gasteiger partial charge in [0.2, 0.25) is 21.7 Å². The predicted molar refractivity (Wildman–Crippen MR) is 106 cm³/mol. The first kappa shape index (κ1) is 19.4. The highest BCUT2D eigenvalue weighted by Gasteiger charge is 2.40. The molecule has 1 fully saturated rings. The molecule has 0 aliphatic carbocycles. The fourth-order valence-electron chi connectivity index (χ4n) is 3.29. The van der Waals surface area contributed by atoms with Crippen LogP contribution in [0, 0.1) is 6.92 Å². The van der Waals surface area contributed by atoms with Crippen molar-refractivity contribution in [1.82, 2.24) is 14.4 Å². The summed E-state index contributed by atoms with van der Waals surface area (Å²) in [7, 11) is -0.444. The van der Waals surface area contributed by atoms with Crippen molar-refractivity contribution < 1.29 is 22.4 Å². The monoisotopic (exact) mass is 415 g/mol. The second-order valence-electron chi connectivity index (χ2n) is 6.81. The lowest BCUT2D eigenvalue weighted by molar-refractivity contribution is 0.217. The Kier molecular flexibility index (Phi) is 5.01. The molecule has 152 valence electrons. The van der Waals surface area contributed by atoms with Gasteiger partial charge in [-0.05, 0) is 42.8 Å². The summed E-state index contributed by atoms with van der Waals surface area (Å²) in [5, 5.41) is 4.03. The normalized spacial score (nSPS) is 15.1. The molecule has 3 aromatic rings. The van der Waals surface area contributed by atoms with Gasteiger partial charge in [-0.1, -0.05) is 17.3 Å². The summed E-state index contributed by atoms with van der Waals surface area (Å²) < 4.78 is 43.0. The number of hydrogen-bond donors (Lipinski definition) is 0. The van der Waals surface area contributed by atoms with E-state index in [2.05, 4.69) is 10.1 Å². The minimum atomic E-state index is -3.58. The number of benzene rings is 2. The number of rotatable bonds is 6. The average Bonchev–Trinajstić information content (AvgIpc) is 3.15. The molecule has 1 saturated heterocycles. The van der Waals surface area contributed by atoms with Crippen molar-refractivity contribution in [2.24, 2.45) is 0 Å². The molecule has 1 aromatic heterocycles. The lowest BCUT2D eigenvalue weighted by Crippen LogP contribution is -2.48. The van der Waals surface area contributed by atoms with Crippen LogP contribution in [-0.4, -0.2) is 50.2 Å². The van der Waals surface area contributed by atoms with E-state index < -0.39 is 10.0 Å². The van der Waals surface area contributed by atoms with Crippen molar-refractivity contribution in [2.45, 2.75) is 17.7 Å². The molecule has 1 aliphatic heterocycles. The van der Waals surface area contributed by atoms with Gasteiger partial charge in [0.1, 0.15) is 11.5 Å². The van der Waals surface area contributed by atoms with Crippen molar-refractivity contribution in [3.05, 3.63) is 53.9 Å². The topological polar surface area (TPSA) is 94.8 Å². The Morgan fingerprint density at radius 3 is 2.48 bits per heavy atom. The molecular formula is C20H21N3O5S. The van der Waals surface area contributed by atoms with Crippen molar-refractivity contribution in [3.63, 3.8) is 0 Å². The van der Waals surface area contributed by atoms with Gasteiger partial charge in [0, 0.05) is 13.1 Å². The number of methoxy groups -OCH3 is 2. The number of aryl methyl sites for hydroxylation is 1. The van der Waals surface area contributed by atoms with Crippen molar-refractivity contribution in [1.29, 1.82) is 0 Å². The van der Waals surface area contributed by atoms with E-state index in [0.29, 0.717) is 36.3 Å². The van der Waals surface area contributed by atoms with Crippen molar-refractivity contribution in [2.75, 3.05) is 27.3 Å². The van der Waals surface area contributed by atoms with E-state index >= 15 is 0 Å². The minimum Gasteiger partial charge on any atom is -0.496 e. The molecule has 8 nitrogen and oxygen atoms in total. The largest absolute Gasteiger partial charge is 0.496 e. The summed E-state index contributed by atoms with van der Waals surface area (Å²) in [5.41, 5.74) is 1.49. The third-order valence-electron chi connectivity index (χ3n) is 4.99. The first-order chi connectivity index (χ1) is 13.9.